The van der Waals surface area contributed by atoms with E-state index in [1.807, 2.05) is 13.8 Å². The predicted molar refractivity (Wildman–Crippen MR) is 70.4 cm³/mol. The van der Waals surface area contributed by atoms with Crippen molar-refractivity contribution in [1.82, 2.24) is 9.97 Å². The fourth-order valence-corrected chi connectivity index (χ4v) is 1.67. The summed E-state index contributed by atoms with van der Waals surface area (Å²) in [6, 6.07) is 0. The summed E-state index contributed by atoms with van der Waals surface area (Å²) in [7, 11) is -3.01. The first-order chi connectivity index (χ1) is 8.29. The van der Waals surface area contributed by atoms with Crippen LogP contribution < -0.4 is 15.8 Å². The second kappa shape index (κ2) is 5.85. The minimum Gasteiger partial charge on any atom is -0.473 e. The number of nitrogen functional groups attached to an aromatic ring is 1. The zero-order chi connectivity index (χ0) is 13.8. The quantitative estimate of drug-likeness (QED) is 0.768. The van der Waals surface area contributed by atoms with Crippen LogP contribution in [0.15, 0.2) is 6.33 Å². The summed E-state index contributed by atoms with van der Waals surface area (Å²) in [6.45, 7) is 3.96. The molecule has 7 nitrogen and oxygen atoms in total. The highest BCUT2D eigenvalue weighted by atomic mass is 32.2. The lowest BCUT2D eigenvalue weighted by molar-refractivity contribution is 0.234. The molecule has 0 atom stereocenters. The summed E-state index contributed by atoms with van der Waals surface area (Å²) in [5.41, 5.74) is 6.10. The van der Waals surface area contributed by atoms with E-state index in [1.165, 1.54) is 12.6 Å². The first kappa shape index (κ1) is 14.5. The van der Waals surface area contributed by atoms with Crippen molar-refractivity contribution in [2.24, 2.45) is 0 Å². The number of sulfone groups is 1. The summed E-state index contributed by atoms with van der Waals surface area (Å²) in [6.07, 6.45) is 2.44. The maximum absolute atomic E-state index is 11.0. The van der Waals surface area contributed by atoms with Gasteiger partial charge in [-0.05, 0) is 13.8 Å². The molecule has 0 aliphatic carbocycles. The molecule has 0 saturated heterocycles. The molecule has 0 amide bonds. The van der Waals surface area contributed by atoms with Crippen molar-refractivity contribution in [2.45, 2.75) is 20.0 Å². The minimum atomic E-state index is -3.01. The van der Waals surface area contributed by atoms with Gasteiger partial charge >= 0.3 is 0 Å². The van der Waals surface area contributed by atoms with Crippen LogP contribution in [-0.2, 0) is 9.84 Å². The molecule has 18 heavy (non-hydrogen) atoms. The Morgan fingerprint density at radius 1 is 1.44 bits per heavy atom. The van der Waals surface area contributed by atoms with Crippen LogP contribution in [-0.4, -0.2) is 43.0 Å². The van der Waals surface area contributed by atoms with E-state index in [9.17, 15) is 8.42 Å². The van der Waals surface area contributed by atoms with Gasteiger partial charge in [-0.2, -0.15) is 4.98 Å². The Balaban J connectivity index is 2.72. The second-order valence-corrected chi connectivity index (χ2v) is 6.42. The van der Waals surface area contributed by atoms with E-state index in [4.69, 9.17) is 10.5 Å². The van der Waals surface area contributed by atoms with Crippen LogP contribution in [0.3, 0.4) is 0 Å². The largest absolute Gasteiger partial charge is 0.473 e. The Kier molecular flexibility index (Phi) is 4.71. The fraction of sp³-hybridized carbons (Fsp3) is 0.600. The highest BCUT2D eigenvalue weighted by molar-refractivity contribution is 7.90. The van der Waals surface area contributed by atoms with Gasteiger partial charge in [0.2, 0.25) is 5.88 Å². The molecule has 1 aromatic heterocycles. The Morgan fingerprint density at radius 3 is 2.67 bits per heavy atom. The van der Waals surface area contributed by atoms with Crippen molar-refractivity contribution in [3.8, 4) is 5.88 Å². The van der Waals surface area contributed by atoms with Gasteiger partial charge in [-0.15, -0.1) is 0 Å². The zero-order valence-corrected chi connectivity index (χ0v) is 11.5. The van der Waals surface area contributed by atoms with Crippen LogP contribution in [0.25, 0.3) is 0 Å². The van der Waals surface area contributed by atoms with E-state index in [1.54, 1.807) is 0 Å². The van der Waals surface area contributed by atoms with Gasteiger partial charge in [-0.3, -0.25) is 0 Å². The maximum Gasteiger partial charge on any atom is 0.242 e. The van der Waals surface area contributed by atoms with E-state index in [0.29, 0.717) is 11.7 Å². The third kappa shape index (κ3) is 4.74. The number of nitrogens with one attached hydrogen (secondary N) is 1. The molecule has 0 saturated carbocycles. The van der Waals surface area contributed by atoms with Crippen molar-refractivity contribution in [3.05, 3.63) is 6.33 Å². The molecule has 0 aliphatic heterocycles. The minimum absolute atomic E-state index is 0.0107. The van der Waals surface area contributed by atoms with Gasteiger partial charge < -0.3 is 15.8 Å². The van der Waals surface area contributed by atoms with Crippen molar-refractivity contribution in [3.63, 3.8) is 0 Å². The standard InChI is InChI=1S/C10H18N4O3S/c1-7(2)17-10-8(11)9(13-6-14-10)12-4-5-18(3,15)16/h6-7H,4-5,11H2,1-3H3,(H,12,13,14). The van der Waals surface area contributed by atoms with Crippen LogP contribution in [0.4, 0.5) is 11.5 Å². The normalized spacial score (nSPS) is 11.6. The van der Waals surface area contributed by atoms with E-state index < -0.39 is 9.84 Å². The van der Waals surface area contributed by atoms with Crippen LogP contribution in [0.2, 0.25) is 0 Å². The third-order valence-electron chi connectivity index (χ3n) is 1.96. The molecule has 102 valence electrons. The number of ether oxygens (including phenoxy) is 1. The molecule has 8 heteroatoms. The van der Waals surface area contributed by atoms with Gasteiger partial charge in [-0.25, -0.2) is 13.4 Å². The molecule has 0 aromatic carbocycles. The van der Waals surface area contributed by atoms with Gasteiger partial charge in [-0.1, -0.05) is 0 Å². The van der Waals surface area contributed by atoms with Crippen molar-refractivity contribution < 1.29 is 13.2 Å². The highest BCUT2D eigenvalue weighted by Gasteiger charge is 2.11. The van der Waals surface area contributed by atoms with E-state index in [0.717, 1.165) is 0 Å². The van der Waals surface area contributed by atoms with Gasteiger partial charge in [0.05, 0.1) is 11.9 Å². The average molecular weight is 274 g/mol. The predicted octanol–water partition coefficient (Wildman–Crippen LogP) is 0.302. The summed E-state index contributed by atoms with van der Waals surface area (Å²) in [4.78, 5) is 7.86. The number of hydrogen-bond acceptors (Lipinski definition) is 7. The van der Waals surface area contributed by atoms with Crippen LogP contribution in [0.5, 0.6) is 5.88 Å². The van der Waals surface area contributed by atoms with E-state index in [-0.39, 0.29) is 24.1 Å². The Labute approximate surface area is 107 Å². The van der Waals surface area contributed by atoms with Gasteiger partial charge in [0.25, 0.3) is 0 Å². The topological polar surface area (TPSA) is 107 Å². The molecule has 1 heterocycles. The smallest absolute Gasteiger partial charge is 0.242 e. The Morgan fingerprint density at radius 2 is 2.11 bits per heavy atom. The zero-order valence-electron chi connectivity index (χ0n) is 10.7. The number of nitrogens with two attached hydrogens (primary N) is 1. The summed E-state index contributed by atoms with van der Waals surface area (Å²) in [5, 5.41) is 2.85. The SMILES string of the molecule is CC(C)Oc1ncnc(NCCS(C)(=O)=O)c1N. The number of anilines is 2. The molecule has 1 rings (SSSR count). The van der Waals surface area contributed by atoms with Crippen LogP contribution in [0.1, 0.15) is 13.8 Å². The second-order valence-electron chi connectivity index (χ2n) is 4.16. The Hall–Kier alpha value is -1.57. The number of nitrogens with zero attached hydrogens (tertiary/aromatic N) is 2. The lowest BCUT2D eigenvalue weighted by atomic mass is 10.4. The fourth-order valence-electron chi connectivity index (χ4n) is 1.19. The lowest BCUT2D eigenvalue weighted by Crippen LogP contribution is -2.17. The van der Waals surface area contributed by atoms with Crippen LogP contribution >= 0.6 is 0 Å². The number of hydrogen-bond donors (Lipinski definition) is 2. The molecule has 0 radical (unpaired) electrons. The molecule has 0 bridgehead atoms. The van der Waals surface area contributed by atoms with Gasteiger partial charge in [0, 0.05) is 12.8 Å². The van der Waals surface area contributed by atoms with Gasteiger partial charge in [0.15, 0.2) is 5.82 Å². The van der Waals surface area contributed by atoms with Crippen molar-refractivity contribution in [2.75, 3.05) is 29.6 Å². The summed E-state index contributed by atoms with van der Waals surface area (Å²) < 4.78 is 27.4. The number of aromatic nitrogens is 2. The molecule has 0 spiro atoms. The maximum atomic E-state index is 11.0. The summed E-state index contributed by atoms with van der Waals surface area (Å²) >= 11 is 0. The van der Waals surface area contributed by atoms with E-state index in [2.05, 4.69) is 15.3 Å². The summed E-state index contributed by atoms with van der Waals surface area (Å²) in [5.74, 6) is 0.683. The van der Waals surface area contributed by atoms with Crippen LogP contribution in [0, 0.1) is 0 Å². The number of rotatable bonds is 6. The first-order valence-electron chi connectivity index (χ1n) is 5.48. The lowest BCUT2D eigenvalue weighted by Gasteiger charge is -2.13. The average Bonchev–Trinajstić information content (AvgIpc) is 2.21. The molecule has 0 fully saturated rings. The molecule has 3 N–H and O–H groups in total. The third-order valence-corrected chi connectivity index (χ3v) is 2.91. The highest BCUT2D eigenvalue weighted by Crippen LogP contribution is 2.25. The molecule has 0 aliphatic rings. The molecular formula is C10H18N4O3S. The Bertz CT molecular complexity index is 502. The van der Waals surface area contributed by atoms with E-state index >= 15 is 0 Å². The molecule has 0 unspecified atom stereocenters. The van der Waals surface area contributed by atoms with Crippen molar-refractivity contribution in [1.29, 1.82) is 0 Å². The first-order valence-corrected chi connectivity index (χ1v) is 7.54. The van der Waals surface area contributed by atoms with Crippen molar-refractivity contribution >= 4 is 21.3 Å². The van der Waals surface area contributed by atoms with Gasteiger partial charge in [0.1, 0.15) is 21.9 Å². The monoisotopic (exact) mass is 274 g/mol. The molecule has 1 aromatic rings. The molecular weight excluding hydrogens is 256 g/mol.